The summed E-state index contributed by atoms with van der Waals surface area (Å²) in [6.45, 7) is 2.23. The number of para-hydroxylation sites is 1. The Balaban J connectivity index is 1.70. The maximum atomic E-state index is 13.0. The molecule has 1 atom stereocenters. The molecule has 0 bridgehead atoms. The molecule has 7 heteroatoms. The standard InChI is InChI=1S/C16H15N3O4/c1-10-8-11(23-18-10)9-19-14(20)16(17-15(19)21)6-7-22-13-5-3-2-4-12(13)16/h2-5,8H,6-7,9H2,1H3,(H,17,21). The Morgan fingerprint density at radius 1 is 1.35 bits per heavy atom. The number of benzene rings is 1. The molecule has 2 aliphatic rings. The van der Waals surface area contributed by atoms with Gasteiger partial charge in [0.2, 0.25) is 0 Å². The van der Waals surface area contributed by atoms with E-state index < -0.39 is 11.6 Å². The smallest absolute Gasteiger partial charge is 0.325 e. The molecule has 2 aromatic rings. The van der Waals surface area contributed by atoms with E-state index in [0.29, 0.717) is 35.8 Å². The molecule has 0 saturated carbocycles. The lowest BCUT2D eigenvalue weighted by Gasteiger charge is -2.33. The highest BCUT2D eigenvalue weighted by molar-refractivity contribution is 6.07. The minimum absolute atomic E-state index is 0.0658. The molecule has 7 nitrogen and oxygen atoms in total. The summed E-state index contributed by atoms with van der Waals surface area (Å²) >= 11 is 0. The number of urea groups is 1. The zero-order valence-electron chi connectivity index (χ0n) is 12.5. The predicted molar refractivity (Wildman–Crippen MR) is 78.6 cm³/mol. The van der Waals surface area contributed by atoms with E-state index in [0.717, 1.165) is 0 Å². The summed E-state index contributed by atoms with van der Waals surface area (Å²) in [6.07, 6.45) is 0.403. The van der Waals surface area contributed by atoms with E-state index in [4.69, 9.17) is 9.26 Å². The quantitative estimate of drug-likeness (QED) is 0.853. The fraction of sp³-hybridized carbons (Fsp3) is 0.312. The first kappa shape index (κ1) is 13.8. The van der Waals surface area contributed by atoms with Crippen molar-refractivity contribution in [1.29, 1.82) is 0 Å². The van der Waals surface area contributed by atoms with Crippen molar-refractivity contribution >= 4 is 11.9 Å². The highest BCUT2D eigenvalue weighted by Crippen LogP contribution is 2.41. The van der Waals surface area contributed by atoms with Crippen LogP contribution in [0.1, 0.15) is 23.4 Å². The Labute approximate surface area is 132 Å². The molecule has 1 aromatic heterocycles. The van der Waals surface area contributed by atoms with E-state index in [1.54, 1.807) is 19.1 Å². The molecule has 1 saturated heterocycles. The van der Waals surface area contributed by atoms with Gasteiger partial charge in [-0.25, -0.2) is 4.79 Å². The van der Waals surface area contributed by atoms with E-state index in [9.17, 15) is 9.59 Å². The van der Waals surface area contributed by atoms with E-state index in [-0.39, 0.29) is 12.5 Å². The highest BCUT2D eigenvalue weighted by atomic mass is 16.5. The van der Waals surface area contributed by atoms with E-state index in [1.165, 1.54) is 4.90 Å². The van der Waals surface area contributed by atoms with Crippen LogP contribution in [-0.2, 0) is 16.9 Å². The number of aromatic nitrogens is 1. The van der Waals surface area contributed by atoms with Crippen molar-refractivity contribution in [2.45, 2.75) is 25.4 Å². The number of imide groups is 1. The molecule has 2 aliphatic heterocycles. The lowest BCUT2D eigenvalue weighted by molar-refractivity contribution is -0.133. The number of hydrogen-bond donors (Lipinski definition) is 1. The zero-order valence-corrected chi connectivity index (χ0v) is 12.5. The van der Waals surface area contributed by atoms with Gasteiger partial charge in [0.1, 0.15) is 5.75 Å². The second-order valence-corrected chi connectivity index (χ2v) is 5.76. The number of amides is 3. The van der Waals surface area contributed by atoms with Gasteiger partial charge >= 0.3 is 6.03 Å². The van der Waals surface area contributed by atoms with Crippen LogP contribution < -0.4 is 10.1 Å². The largest absolute Gasteiger partial charge is 0.493 e. The Bertz CT molecular complexity index is 800. The average molecular weight is 313 g/mol. The third-order valence-corrected chi connectivity index (χ3v) is 4.25. The van der Waals surface area contributed by atoms with Crippen LogP contribution in [0.15, 0.2) is 34.9 Å². The summed E-state index contributed by atoms with van der Waals surface area (Å²) in [5.41, 5.74) is 0.347. The predicted octanol–water partition coefficient (Wildman–Crippen LogP) is 1.71. The Morgan fingerprint density at radius 3 is 2.96 bits per heavy atom. The molecule has 0 aliphatic carbocycles. The molecule has 4 rings (SSSR count). The zero-order chi connectivity index (χ0) is 16.0. The van der Waals surface area contributed by atoms with Crippen molar-refractivity contribution in [1.82, 2.24) is 15.4 Å². The first-order valence-corrected chi connectivity index (χ1v) is 7.39. The van der Waals surface area contributed by atoms with Crippen molar-refractivity contribution in [2.24, 2.45) is 0 Å². The average Bonchev–Trinajstić information content (AvgIpc) is 3.06. The van der Waals surface area contributed by atoms with Gasteiger partial charge in [-0.2, -0.15) is 0 Å². The first-order valence-electron chi connectivity index (χ1n) is 7.39. The van der Waals surface area contributed by atoms with E-state index in [2.05, 4.69) is 10.5 Å². The van der Waals surface area contributed by atoms with Crippen LogP contribution in [0, 0.1) is 6.92 Å². The summed E-state index contributed by atoms with van der Waals surface area (Å²) in [7, 11) is 0. The van der Waals surface area contributed by atoms with Gasteiger partial charge in [-0.05, 0) is 13.0 Å². The van der Waals surface area contributed by atoms with Crippen molar-refractivity contribution in [3.8, 4) is 5.75 Å². The summed E-state index contributed by atoms with van der Waals surface area (Å²) < 4.78 is 10.7. The lowest BCUT2D eigenvalue weighted by Crippen LogP contribution is -2.47. The Kier molecular flexibility index (Phi) is 2.90. The minimum Gasteiger partial charge on any atom is -0.493 e. The minimum atomic E-state index is -1.05. The van der Waals surface area contributed by atoms with Crippen LogP contribution in [0.2, 0.25) is 0 Å². The van der Waals surface area contributed by atoms with Crippen LogP contribution in [0.4, 0.5) is 4.79 Å². The number of ether oxygens (including phenoxy) is 1. The van der Waals surface area contributed by atoms with Crippen LogP contribution in [0.3, 0.4) is 0 Å². The van der Waals surface area contributed by atoms with Crippen molar-refractivity contribution in [3.05, 3.63) is 47.3 Å². The van der Waals surface area contributed by atoms with E-state index >= 15 is 0 Å². The van der Waals surface area contributed by atoms with Crippen LogP contribution in [0.5, 0.6) is 5.75 Å². The van der Waals surface area contributed by atoms with Gasteiger partial charge in [0, 0.05) is 18.1 Å². The maximum absolute atomic E-state index is 13.0. The van der Waals surface area contributed by atoms with E-state index in [1.807, 2.05) is 18.2 Å². The topological polar surface area (TPSA) is 84.7 Å². The van der Waals surface area contributed by atoms with Gasteiger partial charge in [0.25, 0.3) is 5.91 Å². The number of aryl methyl sites for hydroxylation is 1. The third kappa shape index (κ3) is 2.00. The highest BCUT2D eigenvalue weighted by Gasteiger charge is 2.54. The van der Waals surface area contributed by atoms with Gasteiger partial charge in [-0.3, -0.25) is 9.69 Å². The summed E-state index contributed by atoms with van der Waals surface area (Å²) in [5, 5.41) is 6.63. The summed E-state index contributed by atoms with van der Waals surface area (Å²) in [4.78, 5) is 26.5. The Morgan fingerprint density at radius 2 is 2.17 bits per heavy atom. The Hall–Kier alpha value is -2.83. The molecule has 1 spiro atoms. The molecule has 1 N–H and O–H groups in total. The first-order chi connectivity index (χ1) is 11.1. The molecule has 3 amide bonds. The second kappa shape index (κ2) is 4.84. The third-order valence-electron chi connectivity index (χ3n) is 4.25. The molecule has 1 unspecified atom stereocenters. The SMILES string of the molecule is Cc1cc(CN2C(=O)NC3(CCOc4ccccc43)C2=O)on1. The maximum Gasteiger partial charge on any atom is 0.325 e. The van der Waals surface area contributed by atoms with Gasteiger partial charge in [0.05, 0.1) is 18.8 Å². The normalized spacial score (nSPS) is 22.9. The number of nitrogens with zero attached hydrogens (tertiary/aromatic N) is 2. The molecule has 1 fully saturated rings. The number of fused-ring (bicyclic) bond motifs is 2. The van der Waals surface area contributed by atoms with Crippen molar-refractivity contribution in [2.75, 3.05) is 6.61 Å². The molecule has 3 heterocycles. The van der Waals surface area contributed by atoms with Crippen molar-refractivity contribution < 1.29 is 18.8 Å². The number of hydrogen-bond acceptors (Lipinski definition) is 5. The molecule has 0 radical (unpaired) electrons. The van der Waals surface area contributed by atoms with Crippen LogP contribution in [-0.4, -0.2) is 28.6 Å². The number of carbonyl (C=O) groups excluding carboxylic acids is 2. The van der Waals surface area contributed by atoms with Gasteiger partial charge in [0.15, 0.2) is 11.3 Å². The molecule has 1 aromatic carbocycles. The summed E-state index contributed by atoms with van der Waals surface area (Å²) in [5.74, 6) is 0.820. The fourth-order valence-corrected chi connectivity index (χ4v) is 3.16. The van der Waals surface area contributed by atoms with Crippen LogP contribution >= 0.6 is 0 Å². The fourth-order valence-electron chi connectivity index (χ4n) is 3.16. The second-order valence-electron chi connectivity index (χ2n) is 5.76. The molecule has 118 valence electrons. The number of rotatable bonds is 2. The molecular formula is C16H15N3O4. The van der Waals surface area contributed by atoms with Crippen molar-refractivity contribution in [3.63, 3.8) is 0 Å². The number of carbonyl (C=O) groups is 2. The van der Waals surface area contributed by atoms with Gasteiger partial charge in [-0.1, -0.05) is 23.4 Å². The monoisotopic (exact) mass is 313 g/mol. The van der Waals surface area contributed by atoms with Crippen LogP contribution in [0.25, 0.3) is 0 Å². The lowest BCUT2D eigenvalue weighted by atomic mass is 9.84. The molecular weight excluding hydrogens is 298 g/mol. The van der Waals surface area contributed by atoms with Gasteiger partial charge < -0.3 is 14.6 Å². The summed E-state index contributed by atoms with van der Waals surface area (Å²) in [6, 6.07) is 8.57. The number of nitrogens with one attached hydrogen (secondary N) is 1. The molecule has 23 heavy (non-hydrogen) atoms. The van der Waals surface area contributed by atoms with Gasteiger partial charge in [-0.15, -0.1) is 0 Å².